The lowest BCUT2D eigenvalue weighted by Gasteiger charge is -2.20. The van der Waals surface area contributed by atoms with Crippen LogP contribution in [0.1, 0.15) is 60.8 Å². The van der Waals surface area contributed by atoms with E-state index in [1.165, 1.54) is 16.2 Å². The molecule has 4 nitrogen and oxygen atoms in total. The average Bonchev–Trinajstić information content (AvgIpc) is 2.73. The number of primary amides is 1. The van der Waals surface area contributed by atoms with Gasteiger partial charge in [0.05, 0.1) is 5.56 Å². The fraction of sp³-hybridized carbons (Fsp3) is 0.625. The highest BCUT2D eigenvalue weighted by atomic mass is 32.1. The normalized spacial score (nSPS) is 17.6. The molecule has 5 heteroatoms. The summed E-state index contributed by atoms with van der Waals surface area (Å²) in [4.78, 5) is 25.0. The summed E-state index contributed by atoms with van der Waals surface area (Å²) in [5.74, 6) is 0.498. The maximum atomic E-state index is 12.0. The lowest BCUT2D eigenvalue weighted by molar-refractivity contribution is -0.116. The number of anilines is 1. The highest BCUT2D eigenvalue weighted by molar-refractivity contribution is 7.17. The summed E-state index contributed by atoms with van der Waals surface area (Å²) in [5, 5.41) is 3.54. The lowest BCUT2D eigenvalue weighted by Crippen LogP contribution is -2.20. The first-order chi connectivity index (χ1) is 9.92. The van der Waals surface area contributed by atoms with Gasteiger partial charge in [-0.1, -0.05) is 27.2 Å². The summed E-state index contributed by atoms with van der Waals surface area (Å²) in [5.41, 5.74) is 7.15. The number of hydrogen-bond donors (Lipinski definition) is 2. The van der Waals surface area contributed by atoms with Crippen molar-refractivity contribution in [1.29, 1.82) is 0 Å². The van der Waals surface area contributed by atoms with Crippen molar-refractivity contribution in [1.82, 2.24) is 0 Å². The predicted octanol–water partition coefficient (Wildman–Crippen LogP) is 3.35. The zero-order valence-electron chi connectivity index (χ0n) is 13.0. The van der Waals surface area contributed by atoms with Gasteiger partial charge in [-0.15, -0.1) is 11.3 Å². The van der Waals surface area contributed by atoms with Crippen LogP contribution in [-0.4, -0.2) is 11.8 Å². The Morgan fingerprint density at radius 3 is 2.71 bits per heavy atom. The Labute approximate surface area is 130 Å². The van der Waals surface area contributed by atoms with E-state index < -0.39 is 5.91 Å². The minimum absolute atomic E-state index is 0.0434. The molecule has 0 fully saturated rings. The zero-order valence-corrected chi connectivity index (χ0v) is 13.8. The topological polar surface area (TPSA) is 72.2 Å². The summed E-state index contributed by atoms with van der Waals surface area (Å²) in [6.45, 7) is 6.20. The summed E-state index contributed by atoms with van der Waals surface area (Å²) in [6.07, 6.45) is 4.59. The van der Waals surface area contributed by atoms with Crippen LogP contribution in [0.2, 0.25) is 0 Å². The molecule has 3 N–H and O–H groups in total. The fourth-order valence-electron chi connectivity index (χ4n) is 2.90. The van der Waals surface area contributed by atoms with Crippen molar-refractivity contribution in [3.63, 3.8) is 0 Å². The van der Waals surface area contributed by atoms with Crippen LogP contribution in [0.5, 0.6) is 0 Å². The maximum Gasteiger partial charge on any atom is 0.251 e. The van der Waals surface area contributed by atoms with E-state index in [4.69, 9.17) is 5.73 Å². The highest BCUT2D eigenvalue weighted by Gasteiger charge is 2.28. The van der Waals surface area contributed by atoms with E-state index in [2.05, 4.69) is 12.2 Å². The fourth-order valence-corrected chi connectivity index (χ4v) is 4.28. The highest BCUT2D eigenvalue weighted by Crippen LogP contribution is 2.40. The Balaban J connectivity index is 2.27. The van der Waals surface area contributed by atoms with Gasteiger partial charge in [-0.2, -0.15) is 0 Å². The predicted molar refractivity (Wildman–Crippen MR) is 86.7 cm³/mol. The van der Waals surface area contributed by atoms with E-state index in [1.807, 2.05) is 13.8 Å². The van der Waals surface area contributed by atoms with Crippen LogP contribution < -0.4 is 11.1 Å². The largest absolute Gasteiger partial charge is 0.365 e. The third-order valence-electron chi connectivity index (χ3n) is 4.04. The Bertz CT molecular complexity index is 549. The molecule has 1 aromatic rings. The SMILES string of the molecule is CC[C@@H]1CCc2c(sc(NC(=O)CC(C)C)c2C(N)=O)C1. The Morgan fingerprint density at radius 2 is 2.14 bits per heavy atom. The molecule has 2 rings (SSSR count). The number of carbonyl (C=O) groups excluding carboxylic acids is 2. The van der Waals surface area contributed by atoms with Gasteiger partial charge in [-0.3, -0.25) is 9.59 Å². The molecule has 1 aliphatic rings. The molecule has 0 spiro atoms. The third kappa shape index (κ3) is 3.64. The number of rotatable bonds is 5. The number of fused-ring (bicyclic) bond motifs is 1. The van der Waals surface area contributed by atoms with E-state index >= 15 is 0 Å². The molecular weight excluding hydrogens is 284 g/mol. The molecule has 0 unspecified atom stereocenters. The first kappa shape index (κ1) is 16.0. The number of nitrogens with two attached hydrogens (primary N) is 1. The number of amides is 2. The second-order valence-electron chi connectivity index (χ2n) is 6.24. The minimum atomic E-state index is -0.428. The molecule has 0 radical (unpaired) electrons. The van der Waals surface area contributed by atoms with Crippen LogP contribution in [0.3, 0.4) is 0 Å². The monoisotopic (exact) mass is 308 g/mol. The van der Waals surface area contributed by atoms with Gasteiger partial charge in [0.25, 0.3) is 5.91 Å². The molecule has 0 saturated heterocycles. The smallest absolute Gasteiger partial charge is 0.251 e. The summed E-state index contributed by atoms with van der Waals surface area (Å²) in [6, 6.07) is 0. The van der Waals surface area contributed by atoms with Gasteiger partial charge in [0.2, 0.25) is 5.91 Å². The van der Waals surface area contributed by atoms with Crippen LogP contribution in [0.15, 0.2) is 0 Å². The van der Waals surface area contributed by atoms with Gasteiger partial charge in [-0.05, 0) is 36.7 Å². The summed E-state index contributed by atoms with van der Waals surface area (Å²) >= 11 is 1.53. The summed E-state index contributed by atoms with van der Waals surface area (Å²) in [7, 11) is 0. The van der Waals surface area contributed by atoms with Gasteiger partial charge in [0.1, 0.15) is 5.00 Å². The number of hydrogen-bond acceptors (Lipinski definition) is 3. The maximum absolute atomic E-state index is 12.0. The first-order valence-corrected chi connectivity index (χ1v) is 8.48. The molecule has 1 atom stereocenters. The Hall–Kier alpha value is -1.36. The van der Waals surface area contributed by atoms with Gasteiger partial charge in [-0.25, -0.2) is 0 Å². The molecule has 21 heavy (non-hydrogen) atoms. The molecule has 0 bridgehead atoms. The van der Waals surface area contributed by atoms with Gasteiger partial charge >= 0.3 is 0 Å². The van der Waals surface area contributed by atoms with E-state index in [9.17, 15) is 9.59 Å². The van der Waals surface area contributed by atoms with Crippen molar-refractivity contribution in [2.75, 3.05) is 5.32 Å². The van der Waals surface area contributed by atoms with E-state index in [0.29, 0.717) is 28.8 Å². The van der Waals surface area contributed by atoms with Crippen LogP contribution in [0.25, 0.3) is 0 Å². The van der Waals surface area contributed by atoms with Crippen LogP contribution >= 0.6 is 11.3 Å². The van der Waals surface area contributed by atoms with Crippen molar-refractivity contribution in [2.24, 2.45) is 17.6 Å². The number of carbonyl (C=O) groups is 2. The molecule has 1 heterocycles. The zero-order chi connectivity index (χ0) is 15.6. The van der Waals surface area contributed by atoms with Crippen molar-refractivity contribution in [3.05, 3.63) is 16.0 Å². The summed E-state index contributed by atoms with van der Waals surface area (Å²) < 4.78 is 0. The average molecular weight is 308 g/mol. The lowest BCUT2D eigenvalue weighted by atomic mass is 9.85. The molecular formula is C16H24N2O2S. The van der Waals surface area contributed by atoms with Crippen molar-refractivity contribution in [2.45, 2.75) is 52.9 Å². The van der Waals surface area contributed by atoms with Crippen LogP contribution in [0.4, 0.5) is 5.00 Å². The molecule has 1 aromatic heterocycles. The van der Waals surface area contributed by atoms with E-state index in [1.54, 1.807) is 0 Å². The van der Waals surface area contributed by atoms with Gasteiger partial charge < -0.3 is 11.1 Å². The van der Waals surface area contributed by atoms with Gasteiger partial charge in [0.15, 0.2) is 0 Å². The van der Waals surface area contributed by atoms with E-state index in [0.717, 1.165) is 31.2 Å². The quantitative estimate of drug-likeness (QED) is 0.875. The van der Waals surface area contributed by atoms with Gasteiger partial charge in [0, 0.05) is 11.3 Å². The molecule has 116 valence electrons. The van der Waals surface area contributed by atoms with Crippen molar-refractivity contribution >= 4 is 28.2 Å². The minimum Gasteiger partial charge on any atom is -0.365 e. The van der Waals surface area contributed by atoms with Crippen LogP contribution in [0, 0.1) is 11.8 Å². The Morgan fingerprint density at radius 1 is 1.43 bits per heavy atom. The molecule has 0 saturated carbocycles. The second-order valence-corrected chi connectivity index (χ2v) is 7.34. The van der Waals surface area contributed by atoms with Crippen LogP contribution in [-0.2, 0) is 17.6 Å². The standard InChI is InChI=1S/C16H24N2O2S/c1-4-10-5-6-11-12(8-10)21-16(14(11)15(17)20)18-13(19)7-9(2)3/h9-10H,4-8H2,1-3H3,(H2,17,20)(H,18,19)/t10-/m1/s1. The number of thiophene rings is 1. The number of nitrogens with one attached hydrogen (secondary N) is 1. The molecule has 0 aliphatic heterocycles. The molecule has 2 amide bonds. The Kier molecular flexibility index (Phi) is 5.04. The second kappa shape index (κ2) is 6.60. The molecule has 0 aromatic carbocycles. The van der Waals surface area contributed by atoms with Crippen molar-refractivity contribution < 1.29 is 9.59 Å². The van der Waals surface area contributed by atoms with Crippen molar-refractivity contribution in [3.8, 4) is 0 Å². The molecule has 1 aliphatic carbocycles. The third-order valence-corrected chi connectivity index (χ3v) is 5.21. The first-order valence-electron chi connectivity index (χ1n) is 7.66. The van der Waals surface area contributed by atoms with E-state index in [-0.39, 0.29) is 5.91 Å².